The third-order valence-corrected chi connectivity index (χ3v) is 5.59. The maximum Gasteiger partial charge on any atom is 0.251 e. The zero-order valence-corrected chi connectivity index (χ0v) is 17.8. The fraction of sp³-hybridized carbons (Fsp3) is 0.182. The highest BCUT2D eigenvalue weighted by atomic mass is 35.5. The molecule has 0 aliphatic heterocycles. The Balaban J connectivity index is 2.19. The van der Waals surface area contributed by atoms with Gasteiger partial charge >= 0.3 is 0 Å². The standard InChI is InChI=1S/C22H19Cl2N3O2/c1-4-29-25-12-13-5-9-18-21(20(13)15-7-6-14(23)11-17(15)24)16-8-10-19(28)27(3)22(16)26(18)2/h5-12H,4H2,1-3H3. The van der Waals surface area contributed by atoms with Crippen LogP contribution in [0.1, 0.15) is 12.5 Å². The Morgan fingerprint density at radius 1 is 1.07 bits per heavy atom. The third-order valence-electron chi connectivity index (χ3n) is 5.04. The molecule has 0 saturated carbocycles. The molecule has 0 N–H and O–H groups in total. The van der Waals surface area contributed by atoms with E-state index >= 15 is 0 Å². The van der Waals surface area contributed by atoms with Crippen LogP contribution in [-0.2, 0) is 18.9 Å². The van der Waals surface area contributed by atoms with E-state index in [0.29, 0.717) is 16.7 Å². The predicted octanol–water partition coefficient (Wildman–Crippen LogP) is 5.37. The highest BCUT2D eigenvalue weighted by molar-refractivity contribution is 6.37. The van der Waals surface area contributed by atoms with Gasteiger partial charge < -0.3 is 9.40 Å². The topological polar surface area (TPSA) is 48.5 Å². The molecule has 7 heteroatoms. The van der Waals surface area contributed by atoms with Gasteiger partial charge in [0.2, 0.25) is 0 Å². The van der Waals surface area contributed by atoms with Gasteiger partial charge in [0.25, 0.3) is 5.56 Å². The number of pyridine rings is 1. The monoisotopic (exact) mass is 427 g/mol. The second-order valence-electron chi connectivity index (χ2n) is 6.73. The maximum atomic E-state index is 12.2. The summed E-state index contributed by atoms with van der Waals surface area (Å²) in [5.41, 5.74) is 4.36. The van der Waals surface area contributed by atoms with Crippen LogP contribution in [0.5, 0.6) is 0 Å². The van der Waals surface area contributed by atoms with Gasteiger partial charge in [-0.3, -0.25) is 9.36 Å². The Bertz CT molecular complexity index is 1340. The molecule has 0 bridgehead atoms. The Morgan fingerprint density at radius 3 is 2.59 bits per heavy atom. The number of benzene rings is 2. The Hall–Kier alpha value is -2.76. The SMILES string of the molecule is CCON=Cc1ccc2c(c1-c1ccc(Cl)cc1Cl)c1ccc(=O)n(C)c1n2C. The lowest BCUT2D eigenvalue weighted by Crippen LogP contribution is -2.16. The van der Waals surface area contributed by atoms with Gasteiger partial charge in [0.1, 0.15) is 12.3 Å². The number of halogens is 2. The van der Waals surface area contributed by atoms with Crippen molar-refractivity contribution < 1.29 is 4.84 Å². The average molecular weight is 428 g/mol. The van der Waals surface area contributed by atoms with Crippen LogP contribution in [0.4, 0.5) is 0 Å². The van der Waals surface area contributed by atoms with E-state index in [9.17, 15) is 4.79 Å². The first-order valence-corrected chi connectivity index (χ1v) is 9.91. The average Bonchev–Trinajstić information content (AvgIpc) is 2.98. The maximum absolute atomic E-state index is 12.2. The van der Waals surface area contributed by atoms with Gasteiger partial charge in [0.15, 0.2) is 0 Å². The van der Waals surface area contributed by atoms with E-state index in [1.165, 1.54) is 0 Å². The molecule has 0 aliphatic carbocycles. The number of aromatic nitrogens is 2. The van der Waals surface area contributed by atoms with Crippen molar-refractivity contribution in [1.29, 1.82) is 0 Å². The van der Waals surface area contributed by atoms with Crippen molar-refractivity contribution >= 4 is 51.4 Å². The summed E-state index contributed by atoms with van der Waals surface area (Å²) >= 11 is 12.7. The summed E-state index contributed by atoms with van der Waals surface area (Å²) in [4.78, 5) is 17.4. The predicted molar refractivity (Wildman–Crippen MR) is 120 cm³/mol. The summed E-state index contributed by atoms with van der Waals surface area (Å²) < 4.78 is 3.67. The lowest BCUT2D eigenvalue weighted by Gasteiger charge is -2.11. The lowest BCUT2D eigenvalue weighted by atomic mass is 9.95. The van der Waals surface area contributed by atoms with Gasteiger partial charge in [-0.1, -0.05) is 40.5 Å². The molecule has 0 radical (unpaired) electrons. The Morgan fingerprint density at radius 2 is 1.86 bits per heavy atom. The molecule has 0 aliphatic rings. The molecule has 4 aromatic rings. The molecule has 0 spiro atoms. The van der Waals surface area contributed by atoms with E-state index in [0.717, 1.165) is 38.6 Å². The minimum Gasteiger partial charge on any atom is -0.396 e. The van der Waals surface area contributed by atoms with Crippen LogP contribution >= 0.6 is 23.2 Å². The fourth-order valence-electron chi connectivity index (χ4n) is 3.76. The summed E-state index contributed by atoms with van der Waals surface area (Å²) in [5, 5.41) is 7.11. The molecule has 5 nitrogen and oxygen atoms in total. The highest BCUT2D eigenvalue weighted by Gasteiger charge is 2.19. The van der Waals surface area contributed by atoms with E-state index in [-0.39, 0.29) is 5.56 Å². The summed E-state index contributed by atoms with van der Waals surface area (Å²) in [5.74, 6) is 0. The van der Waals surface area contributed by atoms with E-state index in [4.69, 9.17) is 28.0 Å². The first-order chi connectivity index (χ1) is 13.9. The number of hydrogen-bond acceptors (Lipinski definition) is 3. The van der Waals surface area contributed by atoms with E-state index in [2.05, 4.69) is 5.16 Å². The van der Waals surface area contributed by atoms with Gasteiger partial charge in [-0.25, -0.2) is 0 Å². The Labute approximate surface area is 177 Å². The molecule has 0 saturated heterocycles. The van der Waals surface area contributed by atoms with Crippen molar-refractivity contribution in [1.82, 2.24) is 9.13 Å². The zero-order valence-electron chi connectivity index (χ0n) is 16.2. The molecule has 4 rings (SSSR count). The van der Waals surface area contributed by atoms with Crippen LogP contribution in [0.25, 0.3) is 33.1 Å². The smallest absolute Gasteiger partial charge is 0.251 e. The molecule has 0 amide bonds. The number of hydrogen-bond donors (Lipinski definition) is 0. The van der Waals surface area contributed by atoms with E-state index in [1.807, 2.05) is 48.9 Å². The summed E-state index contributed by atoms with van der Waals surface area (Å²) in [6, 6.07) is 12.9. The molecular formula is C22H19Cl2N3O2. The van der Waals surface area contributed by atoms with Gasteiger partial charge in [0.05, 0.1) is 11.7 Å². The number of fused-ring (bicyclic) bond motifs is 3. The summed E-state index contributed by atoms with van der Waals surface area (Å²) in [6.45, 7) is 2.36. The van der Waals surface area contributed by atoms with Crippen molar-refractivity contribution in [2.75, 3.05) is 6.61 Å². The van der Waals surface area contributed by atoms with Crippen molar-refractivity contribution in [3.63, 3.8) is 0 Å². The van der Waals surface area contributed by atoms with Crippen molar-refractivity contribution in [2.45, 2.75) is 6.92 Å². The molecule has 29 heavy (non-hydrogen) atoms. The molecule has 2 aromatic heterocycles. The van der Waals surface area contributed by atoms with Crippen LogP contribution in [-0.4, -0.2) is 22.0 Å². The van der Waals surface area contributed by atoms with Crippen LogP contribution in [0, 0.1) is 0 Å². The fourth-order valence-corrected chi connectivity index (χ4v) is 4.26. The third kappa shape index (κ3) is 3.20. The molecule has 2 heterocycles. The molecule has 148 valence electrons. The highest BCUT2D eigenvalue weighted by Crippen LogP contribution is 2.41. The summed E-state index contributed by atoms with van der Waals surface area (Å²) in [7, 11) is 3.72. The van der Waals surface area contributed by atoms with Gasteiger partial charge in [0, 0.05) is 57.7 Å². The second-order valence-corrected chi connectivity index (χ2v) is 7.57. The van der Waals surface area contributed by atoms with Crippen LogP contribution < -0.4 is 5.56 Å². The molecular weight excluding hydrogens is 409 g/mol. The quantitative estimate of drug-likeness (QED) is 0.324. The number of oxime groups is 1. The molecule has 0 atom stereocenters. The van der Waals surface area contributed by atoms with Gasteiger partial charge in [-0.2, -0.15) is 0 Å². The van der Waals surface area contributed by atoms with Crippen molar-refractivity contribution in [2.24, 2.45) is 19.3 Å². The molecule has 0 unspecified atom stereocenters. The lowest BCUT2D eigenvalue weighted by molar-refractivity contribution is 0.160. The number of rotatable bonds is 4. The molecule has 0 fully saturated rings. The second kappa shape index (κ2) is 7.58. The van der Waals surface area contributed by atoms with Crippen LogP contribution in [0.2, 0.25) is 10.0 Å². The zero-order chi connectivity index (χ0) is 20.7. The normalized spacial score (nSPS) is 11.8. The first kappa shape index (κ1) is 19.6. The van der Waals surface area contributed by atoms with Crippen molar-refractivity contribution in [3.05, 3.63) is 68.4 Å². The van der Waals surface area contributed by atoms with E-state index in [1.54, 1.807) is 30.0 Å². The van der Waals surface area contributed by atoms with Gasteiger partial charge in [-0.15, -0.1) is 0 Å². The van der Waals surface area contributed by atoms with E-state index < -0.39 is 0 Å². The minimum absolute atomic E-state index is 0.0624. The largest absolute Gasteiger partial charge is 0.396 e. The number of nitrogens with zero attached hydrogens (tertiary/aromatic N) is 3. The number of aryl methyl sites for hydroxylation is 2. The Kier molecular flexibility index (Phi) is 5.11. The van der Waals surface area contributed by atoms with Crippen LogP contribution in [0.3, 0.4) is 0 Å². The summed E-state index contributed by atoms with van der Waals surface area (Å²) in [6.07, 6.45) is 1.68. The minimum atomic E-state index is -0.0624. The van der Waals surface area contributed by atoms with Crippen LogP contribution in [0.15, 0.2) is 52.4 Å². The van der Waals surface area contributed by atoms with Crippen molar-refractivity contribution in [3.8, 4) is 11.1 Å². The first-order valence-electron chi connectivity index (χ1n) is 9.16. The van der Waals surface area contributed by atoms with Gasteiger partial charge in [-0.05, 0) is 31.2 Å². The molecule has 2 aromatic carbocycles.